The Morgan fingerprint density at radius 1 is 1.12 bits per heavy atom. The van der Waals surface area contributed by atoms with Crippen LogP contribution in [0, 0.1) is 6.92 Å². The number of anilines is 1. The fraction of sp³-hybridized carbons (Fsp3) is 0.211. The highest BCUT2D eigenvalue weighted by molar-refractivity contribution is 8.21. The van der Waals surface area contributed by atoms with Gasteiger partial charge in [0.05, 0.1) is 29.4 Å². The summed E-state index contributed by atoms with van der Waals surface area (Å²) < 4.78 is 71.4. The lowest BCUT2D eigenvalue weighted by Crippen LogP contribution is -2.37. The van der Waals surface area contributed by atoms with Crippen molar-refractivity contribution in [2.75, 3.05) is 12.8 Å². The van der Waals surface area contributed by atoms with E-state index < -0.39 is 36.1 Å². The molecule has 0 saturated heterocycles. The van der Waals surface area contributed by atoms with Crippen LogP contribution in [0.5, 0.6) is 5.75 Å². The van der Waals surface area contributed by atoms with Crippen molar-refractivity contribution < 1.29 is 30.7 Å². The molecule has 1 unspecified atom stereocenters. The number of aryl methyl sites for hydroxylation is 1. The highest BCUT2D eigenvalue weighted by atomic mass is 32.2. The van der Waals surface area contributed by atoms with Gasteiger partial charge in [-0.15, -0.1) is 10.2 Å². The molecule has 1 aliphatic carbocycles. The second-order valence-electron chi connectivity index (χ2n) is 7.25. The van der Waals surface area contributed by atoms with Crippen molar-refractivity contribution in [3.63, 3.8) is 0 Å². The average molecular weight is 511 g/mol. The first-order valence-corrected chi connectivity index (χ1v) is 13.0. The standard InChI is InChI=1S/C19H18N4O7S3/c1-9-5-13(20)16(30-2)8-15(9)22-23-19-21-14-4-3-11-12(18(14)31-19)6-10(32(24,25)26)7-17(11)33(27,28)29/h3,5-8,14H,4,20H2,1-2H3,(H,24,25,26)(H,27,28,29). The molecule has 4 N–H and O–H groups in total. The minimum atomic E-state index is -4.76. The van der Waals surface area contributed by atoms with Crippen molar-refractivity contribution in [1.82, 2.24) is 0 Å². The van der Waals surface area contributed by atoms with Gasteiger partial charge in [-0.1, -0.05) is 6.08 Å². The van der Waals surface area contributed by atoms with Crippen molar-refractivity contribution in [3.05, 3.63) is 40.3 Å². The van der Waals surface area contributed by atoms with Gasteiger partial charge in [0.25, 0.3) is 20.2 Å². The Labute approximate surface area is 193 Å². The number of benzene rings is 2. The highest BCUT2D eigenvalue weighted by Gasteiger charge is 2.30. The van der Waals surface area contributed by atoms with E-state index in [2.05, 4.69) is 15.2 Å². The minimum Gasteiger partial charge on any atom is -0.495 e. The molecule has 2 aliphatic rings. The van der Waals surface area contributed by atoms with Crippen molar-refractivity contribution in [3.8, 4) is 5.75 Å². The molecule has 0 saturated carbocycles. The van der Waals surface area contributed by atoms with E-state index in [0.29, 0.717) is 28.5 Å². The van der Waals surface area contributed by atoms with Gasteiger partial charge in [-0.05, 0) is 59.3 Å². The van der Waals surface area contributed by atoms with Crippen molar-refractivity contribution in [1.29, 1.82) is 0 Å². The largest absolute Gasteiger partial charge is 0.495 e. The summed E-state index contributed by atoms with van der Waals surface area (Å²) in [6, 6.07) is 4.76. The molecule has 0 spiro atoms. The van der Waals surface area contributed by atoms with Gasteiger partial charge in [0.2, 0.25) is 5.17 Å². The zero-order chi connectivity index (χ0) is 24.1. The summed E-state index contributed by atoms with van der Waals surface area (Å²) in [5.74, 6) is 0.442. The smallest absolute Gasteiger partial charge is 0.295 e. The molecule has 1 aliphatic heterocycles. The second-order valence-corrected chi connectivity index (χ2v) is 11.1. The van der Waals surface area contributed by atoms with Crippen LogP contribution in [0.4, 0.5) is 11.4 Å². The van der Waals surface area contributed by atoms with Crippen molar-refractivity contribution >= 4 is 59.5 Å². The fourth-order valence-electron chi connectivity index (χ4n) is 3.51. The van der Waals surface area contributed by atoms with E-state index in [1.54, 1.807) is 25.1 Å². The molecular weight excluding hydrogens is 492 g/mol. The van der Waals surface area contributed by atoms with E-state index in [1.807, 2.05) is 0 Å². The number of thioether (sulfide) groups is 1. The van der Waals surface area contributed by atoms with Crippen LogP contribution >= 0.6 is 11.8 Å². The Kier molecular flexibility index (Phi) is 5.82. The Hall–Kier alpha value is -2.78. The predicted molar refractivity (Wildman–Crippen MR) is 123 cm³/mol. The van der Waals surface area contributed by atoms with Crippen LogP contribution in [-0.4, -0.2) is 44.3 Å². The van der Waals surface area contributed by atoms with Gasteiger partial charge in [0.15, 0.2) is 0 Å². The van der Waals surface area contributed by atoms with E-state index >= 15 is 0 Å². The quantitative estimate of drug-likeness (QED) is 0.313. The molecule has 0 radical (unpaired) electrons. The van der Waals surface area contributed by atoms with Crippen molar-refractivity contribution in [2.45, 2.75) is 29.2 Å². The predicted octanol–water partition coefficient (Wildman–Crippen LogP) is 1.63. The Balaban J connectivity index is 1.80. The minimum absolute atomic E-state index is 0.135. The Morgan fingerprint density at radius 2 is 1.85 bits per heavy atom. The zero-order valence-corrected chi connectivity index (χ0v) is 19.7. The maximum Gasteiger partial charge on any atom is 0.295 e. The van der Waals surface area contributed by atoms with E-state index in [-0.39, 0.29) is 15.6 Å². The van der Waals surface area contributed by atoms with Gasteiger partial charge in [0.1, 0.15) is 10.6 Å². The molecule has 174 valence electrons. The molecule has 11 nitrogen and oxygen atoms in total. The van der Waals surface area contributed by atoms with Gasteiger partial charge < -0.3 is 10.5 Å². The van der Waals surface area contributed by atoms with Gasteiger partial charge in [-0.25, -0.2) is 4.99 Å². The molecule has 0 aromatic heterocycles. The molecular formula is C19H18N4O7S3. The number of amidine groups is 1. The summed E-state index contributed by atoms with van der Waals surface area (Å²) in [7, 11) is -8.02. The molecule has 1 atom stereocenters. The molecule has 0 bridgehead atoms. The van der Waals surface area contributed by atoms with Crippen LogP contribution in [0.25, 0.3) is 11.0 Å². The van der Waals surface area contributed by atoms with Crippen LogP contribution in [-0.2, 0) is 20.2 Å². The molecule has 0 amide bonds. The lowest BCUT2D eigenvalue weighted by molar-refractivity contribution is 0.417. The van der Waals surface area contributed by atoms with Gasteiger partial charge in [0, 0.05) is 11.0 Å². The monoisotopic (exact) mass is 510 g/mol. The third-order valence-corrected chi connectivity index (χ3v) is 7.87. The number of ether oxygens (including phenoxy) is 1. The molecule has 0 fully saturated rings. The number of nitrogens with zero attached hydrogens (tertiary/aromatic N) is 3. The molecule has 1 heterocycles. The van der Waals surface area contributed by atoms with Crippen molar-refractivity contribution in [2.24, 2.45) is 15.2 Å². The SMILES string of the molecule is COc1cc(N=NC2=NC3CC=c4c(S(=O)(=O)O)cc(S(=O)(=O)O)cc4=C3S2)c(C)cc1N. The van der Waals surface area contributed by atoms with E-state index in [9.17, 15) is 25.9 Å². The lowest BCUT2D eigenvalue weighted by atomic mass is 10.0. The average Bonchev–Trinajstić information content (AvgIpc) is 3.14. The van der Waals surface area contributed by atoms with Crippen LogP contribution in [0.15, 0.2) is 49.3 Å². The number of rotatable bonds is 4. The third kappa shape index (κ3) is 4.52. The van der Waals surface area contributed by atoms with Crippen LogP contribution < -0.4 is 20.9 Å². The molecule has 14 heteroatoms. The summed E-state index contributed by atoms with van der Waals surface area (Å²) >= 11 is 1.09. The number of nitrogens with two attached hydrogens (primary N) is 1. The summed E-state index contributed by atoms with van der Waals surface area (Å²) in [4.78, 5) is 3.73. The molecule has 33 heavy (non-hydrogen) atoms. The van der Waals surface area contributed by atoms with Crippen LogP contribution in [0.1, 0.15) is 12.0 Å². The van der Waals surface area contributed by atoms with Crippen LogP contribution in [0.2, 0.25) is 0 Å². The fourth-order valence-corrected chi connectivity index (χ4v) is 5.89. The second kappa shape index (κ2) is 8.22. The van der Waals surface area contributed by atoms with E-state index in [4.69, 9.17) is 10.5 Å². The number of nitrogen functional groups attached to an aromatic ring is 1. The van der Waals surface area contributed by atoms with Gasteiger partial charge >= 0.3 is 0 Å². The summed E-state index contributed by atoms with van der Waals surface area (Å²) in [5, 5.41) is 9.01. The maximum absolute atomic E-state index is 11.9. The normalized spacial score (nSPS) is 18.0. The summed E-state index contributed by atoms with van der Waals surface area (Å²) in [6.07, 6.45) is 1.84. The number of methoxy groups -OCH3 is 1. The lowest BCUT2D eigenvalue weighted by Gasteiger charge is -2.14. The number of hydrogen-bond donors (Lipinski definition) is 3. The number of hydrogen-bond acceptors (Lipinski definition) is 10. The van der Waals surface area contributed by atoms with Gasteiger partial charge in [-0.2, -0.15) is 16.8 Å². The summed E-state index contributed by atoms with van der Waals surface area (Å²) in [5.41, 5.74) is 7.61. The highest BCUT2D eigenvalue weighted by Crippen LogP contribution is 2.37. The first kappa shape index (κ1) is 23.4. The third-order valence-electron chi connectivity index (χ3n) is 5.06. The topological polar surface area (TPSA) is 181 Å². The molecule has 2 aromatic carbocycles. The zero-order valence-electron chi connectivity index (χ0n) is 17.3. The molecule has 2 aromatic rings. The number of aliphatic imine (C=N–C) groups is 1. The maximum atomic E-state index is 11.9. The first-order valence-electron chi connectivity index (χ1n) is 9.33. The first-order chi connectivity index (χ1) is 15.4. The van der Waals surface area contributed by atoms with Gasteiger partial charge in [-0.3, -0.25) is 9.11 Å². The summed E-state index contributed by atoms with van der Waals surface area (Å²) in [6.45, 7) is 1.81. The van der Waals surface area contributed by atoms with Crippen LogP contribution in [0.3, 0.4) is 0 Å². The Morgan fingerprint density at radius 3 is 2.48 bits per heavy atom. The Bertz CT molecular complexity index is 1580. The van der Waals surface area contributed by atoms with E-state index in [0.717, 1.165) is 29.5 Å². The number of azo groups is 1. The molecule has 4 rings (SSSR count). The van der Waals surface area contributed by atoms with E-state index in [1.165, 1.54) is 7.11 Å². The number of fused-ring (bicyclic) bond motifs is 2.